The molecule has 1 fully saturated rings. The fraction of sp³-hybridized carbons (Fsp3) is 0.522. The number of amides is 1. The Morgan fingerprint density at radius 3 is 2.65 bits per heavy atom. The number of nitrogens with one attached hydrogen (secondary N) is 3. The molecule has 200 valence electrons. The summed E-state index contributed by atoms with van der Waals surface area (Å²) in [5.41, 5.74) is -0.279. The fourth-order valence-corrected chi connectivity index (χ4v) is 6.44. The molecule has 2 aromatic heterocycles. The highest BCUT2D eigenvalue weighted by Crippen LogP contribution is 2.41. The quantitative estimate of drug-likeness (QED) is 0.307. The maximum Gasteiger partial charge on any atom is 0.324 e. The van der Waals surface area contributed by atoms with Gasteiger partial charge in [0.25, 0.3) is 0 Å². The van der Waals surface area contributed by atoms with E-state index in [1.807, 2.05) is 18.2 Å². The lowest BCUT2D eigenvalue weighted by atomic mass is 9.75. The molecule has 2 aliphatic rings. The van der Waals surface area contributed by atoms with Gasteiger partial charge in [0.2, 0.25) is 16.4 Å². The van der Waals surface area contributed by atoms with Crippen LogP contribution in [0.25, 0.3) is 0 Å². The monoisotopic (exact) mass is 534 g/mol. The Morgan fingerprint density at radius 2 is 2.05 bits per heavy atom. The number of carbonyl (C=O) groups is 2. The molecule has 14 heteroatoms. The maximum atomic E-state index is 13.0. The Hall–Kier alpha value is -3.52. The van der Waals surface area contributed by atoms with Crippen molar-refractivity contribution in [2.24, 2.45) is 11.1 Å². The Balaban J connectivity index is 1.42. The molecule has 1 unspecified atom stereocenters. The molecule has 0 saturated heterocycles. The van der Waals surface area contributed by atoms with Gasteiger partial charge in [-0.15, -0.1) is 0 Å². The zero-order chi connectivity index (χ0) is 26.6. The van der Waals surface area contributed by atoms with Crippen LogP contribution in [-0.2, 0) is 24.4 Å². The van der Waals surface area contributed by atoms with Gasteiger partial charge in [0.1, 0.15) is 28.1 Å². The lowest BCUT2D eigenvalue weighted by Crippen LogP contribution is -2.57. The Labute approximate surface area is 214 Å². The van der Waals surface area contributed by atoms with E-state index in [-0.39, 0.29) is 28.5 Å². The van der Waals surface area contributed by atoms with Crippen LogP contribution in [0.5, 0.6) is 0 Å². The first-order valence-corrected chi connectivity index (χ1v) is 13.4. The van der Waals surface area contributed by atoms with Gasteiger partial charge >= 0.3 is 5.97 Å². The fourth-order valence-electron chi connectivity index (χ4n) is 4.91. The van der Waals surface area contributed by atoms with Crippen LogP contribution in [-0.4, -0.2) is 66.0 Å². The lowest BCUT2D eigenvalue weighted by Gasteiger charge is -2.35. The molecular formula is C23H30N6O7S. The third-order valence-corrected chi connectivity index (χ3v) is 8.52. The molecule has 1 saturated carbocycles. The van der Waals surface area contributed by atoms with Crippen molar-refractivity contribution in [3.63, 3.8) is 0 Å². The molecule has 4 rings (SSSR count). The zero-order valence-corrected chi connectivity index (χ0v) is 21.3. The van der Waals surface area contributed by atoms with Crippen LogP contribution in [0.3, 0.4) is 0 Å². The van der Waals surface area contributed by atoms with Gasteiger partial charge in [-0.2, -0.15) is 4.72 Å². The number of hydrogen-bond donors (Lipinski definition) is 4. The number of nitrogens with zero attached hydrogens (tertiary/aromatic N) is 3. The topological polar surface area (TPSA) is 185 Å². The number of hydrogen-bond acceptors (Lipinski definition) is 10. The van der Waals surface area contributed by atoms with Gasteiger partial charge in [-0.3, -0.25) is 9.59 Å². The molecule has 1 spiro atoms. The highest BCUT2D eigenvalue weighted by molar-refractivity contribution is 7.89. The summed E-state index contributed by atoms with van der Waals surface area (Å²) in [5.74, 6) is -0.253. The van der Waals surface area contributed by atoms with Crippen molar-refractivity contribution >= 4 is 33.9 Å². The number of aromatic nitrogens is 2. The van der Waals surface area contributed by atoms with E-state index in [1.54, 1.807) is 6.20 Å². The van der Waals surface area contributed by atoms with Crippen LogP contribution in [0.2, 0.25) is 0 Å². The van der Waals surface area contributed by atoms with Crippen LogP contribution >= 0.6 is 0 Å². The zero-order valence-electron chi connectivity index (χ0n) is 20.5. The normalized spacial score (nSPS) is 23.1. The number of oxime groups is 1. The number of carboxylic acids is 1. The lowest BCUT2D eigenvalue weighted by molar-refractivity contribution is -0.139. The van der Waals surface area contributed by atoms with E-state index in [2.05, 4.69) is 30.7 Å². The van der Waals surface area contributed by atoms with Gasteiger partial charge in [-0.05, 0) is 57.6 Å². The number of sulfonamides is 1. The molecule has 0 bridgehead atoms. The second kappa shape index (κ2) is 10.8. The Bertz CT molecular complexity index is 1240. The highest BCUT2D eigenvalue weighted by atomic mass is 32.2. The van der Waals surface area contributed by atoms with E-state index in [9.17, 15) is 23.1 Å². The van der Waals surface area contributed by atoms with Crippen molar-refractivity contribution in [3.05, 3.63) is 35.9 Å². The SMILES string of the molecule is Cc1noc(C)c1S(=O)(=O)N[C@H](C(=O)O)C(NC=O)C1=NOC2(CCC(CNc3ccccn3)CC2)C1. The summed E-state index contributed by atoms with van der Waals surface area (Å²) < 4.78 is 33.1. The van der Waals surface area contributed by atoms with E-state index in [0.29, 0.717) is 25.2 Å². The minimum Gasteiger partial charge on any atom is -0.480 e. The number of anilines is 1. The molecule has 1 amide bonds. The average molecular weight is 535 g/mol. The van der Waals surface area contributed by atoms with E-state index >= 15 is 0 Å². The van der Waals surface area contributed by atoms with E-state index < -0.39 is 33.7 Å². The van der Waals surface area contributed by atoms with Crippen LogP contribution in [0, 0.1) is 19.8 Å². The summed E-state index contributed by atoms with van der Waals surface area (Å²) in [6.45, 7) is 3.61. The molecule has 4 N–H and O–H groups in total. The third kappa shape index (κ3) is 5.91. The van der Waals surface area contributed by atoms with Gasteiger partial charge in [-0.25, -0.2) is 13.4 Å². The molecular weight excluding hydrogens is 504 g/mol. The van der Waals surface area contributed by atoms with E-state index in [0.717, 1.165) is 25.2 Å². The van der Waals surface area contributed by atoms with Gasteiger partial charge in [0.15, 0.2) is 5.76 Å². The van der Waals surface area contributed by atoms with Crippen molar-refractivity contribution in [2.45, 2.75) is 68.5 Å². The van der Waals surface area contributed by atoms with Crippen molar-refractivity contribution in [1.82, 2.24) is 20.2 Å². The Morgan fingerprint density at radius 1 is 1.30 bits per heavy atom. The third-order valence-electron chi connectivity index (χ3n) is 6.84. The smallest absolute Gasteiger partial charge is 0.324 e. The minimum atomic E-state index is -4.34. The number of aliphatic carboxylic acids is 1. The number of carbonyl (C=O) groups excluding carboxylic acids is 1. The van der Waals surface area contributed by atoms with Gasteiger partial charge < -0.3 is 25.1 Å². The molecule has 2 aromatic rings. The highest BCUT2D eigenvalue weighted by Gasteiger charge is 2.47. The molecule has 37 heavy (non-hydrogen) atoms. The van der Waals surface area contributed by atoms with Crippen LogP contribution in [0.1, 0.15) is 43.6 Å². The summed E-state index contributed by atoms with van der Waals surface area (Å²) in [6, 6.07) is 2.68. The number of aryl methyl sites for hydroxylation is 2. The van der Waals surface area contributed by atoms with Gasteiger partial charge in [0.05, 0.1) is 11.8 Å². The molecule has 1 aliphatic heterocycles. The average Bonchev–Trinajstić information content (AvgIpc) is 3.44. The van der Waals surface area contributed by atoms with Crippen LogP contribution in [0.4, 0.5) is 5.82 Å². The molecule has 3 heterocycles. The minimum absolute atomic E-state index is 0.0174. The second-order valence-corrected chi connectivity index (χ2v) is 11.1. The molecule has 2 atom stereocenters. The summed E-state index contributed by atoms with van der Waals surface area (Å²) in [7, 11) is -4.34. The van der Waals surface area contributed by atoms with Crippen LogP contribution < -0.4 is 15.4 Å². The van der Waals surface area contributed by atoms with Crippen molar-refractivity contribution < 1.29 is 32.5 Å². The van der Waals surface area contributed by atoms with Crippen molar-refractivity contribution in [3.8, 4) is 0 Å². The molecule has 1 aliphatic carbocycles. The molecule has 0 aromatic carbocycles. The van der Waals surface area contributed by atoms with Crippen LogP contribution in [0.15, 0.2) is 39.0 Å². The summed E-state index contributed by atoms with van der Waals surface area (Å²) in [6.07, 6.45) is 5.40. The first kappa shape index (κ1) is 26.5. The first-order chi connectivity index (χ1) is 17.6. The number of carboxylic acid groups (broad SMARTS) is 1. The molecule has 0 radical (unpaired) electrons. The number of pyridine rings is 1. The Kier molecular flexibility index (Phi) is 7.78. The number of rotatable bonds is 11. The van der Waals surface area contributed by atoms with E-state index in [1.165, 1.54) is 13.8 Å². The van der Waals surface area contributed by atoms with Crippen molar-refractivity contribution in [2.75, 3.05) is 11.9 Å². The first-order valence-electron chi connectivity index (χ1n) is 11.9. The second-order valence-electron chi connectivity index (χ2n) is 9.43. The maximum absolute atomic E-state index is 13.0. The standard InChI is InChI=1S/C23H30N6O7S/c1-14-21(15(2)35-27-14)37(33,34)29-20(22(31)32)19(26-13-30)17-11-23(36-28-17)8-6-16(7-9-23)12-25-18-5-3-4-10-24-18/h3-5,10,13,16,19-20,29H,6-9,11-12H2,1-2H3,(H,24,25)(H,26,30)(H,31,32)/t16?,19?,20-,23?/m0/s1. The summed E-state index contributed by atoms with van der Waals surface area (Å²) >= 11 is 0. The van der Waals surface area contributed by atoms with Gasteiger partial charge in [-0.1, -0.05) is 16.4 Å². The van der Waals surface area contributed by atoms with Crippen molar-refractivity contribution in [1.29, 1.82) is 0 Å². The van der Waals surface area contributed by atoms with Gasteiger partial charge in [0, 0.05) is 19.2 Å². The predicted octanol–water partition coefficient (Wildman–Crippen LogP) is 1.35. The summed E-state index contributed by atoms with van der Waals surface area (Å²) in [4.78, 5) is 33.4. The summed E-state index contributed by atoms with van der Waals surface area (Å²) in [5, 5.41) is 23.4. The molecule has 13 nitrogen and oxygen atoms in total. The largest absolute Gasteiger partial charge is 0.480 e. The predicted molar refractivity (Wildman–Crippen MR) is 131 cm³/mol. The van der Waals surface area contributed by atoms with E-state index in [4.69, 9.17) is 9.36 Å².